The number of anilines is 1. The molecule has 29 heavy (non-hydrogen) atoms. The highest BCUT2D eigenvalue weighted by Crippen LogP contribution is 2.41. The fourth-order valence-corrected chi connectivity index (χ4v) is 4.90. The average Bonchev–Trinajstić information content (AvgIpc) is 3.39. The monoisotopic (exact) mass is 405 g/mol. The van der Waals surface area contributed by atoms with Gasteiger partial charge in [-0.2, -0.15) is 18.3 Å². The molecule has 1 aromatic carbocycles. The molecule has 2 fully saturated rings. The molecule has 2 aromatic rings. The molecular weight excluding hydrogens is 383 g/mol. The number of aromatic amines is 1. The van der Waals surface area contributed by atoms with Crippen molar-refractivity contribution in [2.45, 2.75) is 19.1 Å². The maximum atomic E-state index is 13.4. The molecule has 0 radical (unpaired) electrons. The van der Waals surface area contributed by atoms with E-state index in [0.29, 0.717) is 38.4 Å². The van der Waals surface area contributed by atoms with Crippen LogP contribution < -0.4 is 10.2 Å². The fourth-order valence-electron chi connectivity index (χ4n) is 4.90. The number of carbonyl (C=O) groups is 1. The lowest BCUT2D eigenvalue weighted by Gasteiger charge is -2.26. The second-order valence-electron chi connectivity index (χ2n) is 8.11. The normalized spacial score (nSPS) is 24.0. The Bertz CT molecular complexity index is 926. The number of nitrogens with zero attached hydrogens (tertiary/aromatic N) is 3. The first-order valence-electron chi connectivity index (χ1n) is 9.89. The van der Waals surface area contributed by atoms with Gasteiger partial charge in [-0.05, 0) is 12.1 Å². The third-order valence-electron chi connectivity index (χ3n) is 6.33. The van der Waals surface area contributed by atoms with Crippen LogP contribution in [0.1, 0.15) is 27.3 Å². The van der Waals surface area contributed by atoms with Gasteiger partial charge >= 0.3 is 6.18 Å². The summed E-state index contributed by atoms with van der Waals surface area (Å²) in [7, 11) is 0. The number of amides is 1. The quantitative estimate of drug-likeness (QED) is 0.805. The highest BCUT2D eigenvalue weighted by molar-refractivity contribution is 5.94. The van der Waals surface area contributed by atoms with Gasteiger partial charge in [0, 0.05) is 74.5 Å². The number of aromatic nitrogens is 2. The summed E-state index contributed by atoms with van der Waals surface area (Å²) < 4.78 is 40.1. The van der Waals surface area contributed by atoms with Crippen molar-refractivity contribution in [2.24, 2.45) is 11.8 Å². The van der Waals surface area contributed by atoms with Crippen LogP contribution in [0.25, 0.3) is 0 Å². The number of nitrogens with one attached hydrogen (secondary N) is 2. The molecule has 1 amide bonds. The Labute approximate surface area is 166 Å². The maximum Gasteiger partial charge on any atom is 0.418 e. The van der Waals surface area contributed by atoms with E-state index in [1.54, 1.807) is 6.07 Å². The van der Waals surface area contributed by atoms with Crippen LogP contribution in [0.4, 0.5) is 18.9 Å². The number of benzene rings is 1. The lowest BCUT2D eigenvalue weighted by molar-refractivity contribution is -0.137. The molecule has 2 atom stereocenters. The van der Waals surface area contributed by atoms with Crippen molar-refractivity contribution < 1.29 is 18.0 Å². The van der Waals surface area contributed by atoms with E-state index in [0.717, 1.165) is 30.3 Å². The Morgan fingerprint density at radius 2 is 1.83 bits per heavy atom. The summed E-state index contributed by atoms with van der Waals surface area (Å²) in [4.78, 5) is 16.6. The number of carbonyl (C=O) groups excluding carboxylic acids is 1. The van der Waals surface area contributed by atoms with Crippen LogP contribution in [0.3, 0.4) is 0 Å². The molecular formula is C20H22F3N5O. The number of rotatable bonds is 2. The van der Waals surface area contributed by atoms with Crippen molar-refractivity contribution in [1.29, 1.82) is 0 Å². The number of halogens is 3. The zero-order chi connectivity index (χ0) is 20.2. The van der Waals surface area contributed by atoms with Gasteiger partial charge in [0.25, 0.3) is 5.91 Å². The van der Waals surface area contributed by atoms with Gasteiger partial charge in [-0.25, -0.2) is 0 Å². The molecule has 2 saturated heterocycles. The molecule has 9 heteroatoms. The minimum absolute atomic E-state index is 0.0807. The Hall–Kier alpha value is -2.55. The minimum Gasteiger partial charge on any atom is -0.370 e. The van der Waals surface area contributed by atoms with Crippen LogP contribution in [-0.2, 0) is 19.1 Å². The van der Waals surface area contributed by atoms with E-state index in [9.17, 15) is 18.0 Å². The van der Waals surface area contributed by atoms with Crippen molar-refractivity contribution in [3.05, 3.63) is 46.8 Å². The van der Waals surface area contributed by atoms with E-state index >= 15 is 0 Å². The highest BCUT2D eigenvalue weighted by Gasteiger charge is 2.44. The first-order valence-corrected chi connectivity index (χ1v) is 9.89. The van der Waals surface area contributed by atoms with Crippen molar-refractivity contribution in [2.75, 3.05) is 37.6 Å². The Balaban J connectivity index is 1.30. The largest absolute Gasteiger partial charge is 0.418 e. The second-order valence-corrected chi connectivity index (χ2v) is 8.11. The van der Waals surface area contributed by atoms with Gasteiger partial charge in [-0.15, -0.1) is 0 Å². The molecule has 154 valence electrons. The van der Waals surface area contributed by atoms with Crippen molar-refractivity contribution >= 4 is 11.6 Å². The SMILES string of the molecule is O=C(c1n[nH]c2c1CNCC2)N1C[C@@H]2CN(c3ccccc3C(F)(F)F)C[C@@H]2C1. The topological polar surface area (TPSA) is 64.3 Å². The average molecular weight is 405 g/mol. The Morgan fingerprint density at radius 1 is 1.10 bits per heavy atom. The minimum atomic E-state index is -4.37. The van der Waals surface area contributed by atoms with Gasteiger partial charge in [-0.1, -0.05) is 12.1 Å². The maximum absolute atomic E-state index is 13.4. The lowest BCUT2D eigenvalue weighted by Crippen LogP contribution is -2.35. The number of para-hydroxylation sites is 1. The fraction of sp³-hybridized carbons (Fsp3) is 0.500. The van der Waals surface area contributed by atoms with Crippen LogP contribution in [-0.4, -0.2) is 53.7 Å². The number of hydrogen-bond donors (Lipinski definition) is 2. The molecule has 3 aliphatic heterocycles. The number of hydrogen-bond acceptors (Lipinski definition) is 4. The van der Waals surface area contributed by atoms with Crippen molar-refractivity contribution in [3.8, 4) is 0 Å². The van der Waals surface area contributed by atoms with E-state index in [4.69, 9.17) is 0 Å². The molecule has 6 nitrogen and oxygen atoms in total. The third-order valence-corrected chi connectivity index (χ3v) is 6.33. The summed E-state index contributed by atoms with van der Waals surface area (Å²) in [6, 6.07) is 5.73. The van der Waals surface area contributed by atoms with Gasteiger partial charge in [0.05, 0.1) is 5.56 Å². The van der Waals surface area contributed by atoms with Gasteiger partial charge in [-0.3, -0.25) is 9.89 Å². The predicted octanol–water partition coefficient (Wildman–Crippen LogP) is 2.28. The molecule has 1 aromatic heterocycles. The summed E-state index contributed by atoms with van der Waals surface area (Å²) in [5.41, 5.74) is 2.08. The molecule has 0 unspecified atom stereocenters. The van der Waals surface area contributed by atoms with E-state index in [1.165, 1.54) is 12.1 Å². The molecule has 3 aliphatic rings. The van der Waals surface area contributed by atoms with Crippen molar-refractivity contribution in [1.82, 2.24) is 20.4 Å². The third kappa shape index (κ3) is 3.17. The van der Waals surface area contributed by atoms with Gasteiger partial charge in [0.1, 0.15) is 0 Å². The smallest absolute Gasteiger partial charge is 0.370 e. The summed E-state index contributed by atoms with van der Waals surface area (Å²) in [6.45, 7) is 3.68. The van der Waals surface area contributed by atoms with E-state index in [1.807, 2.05) is 9.80 Å². The van der Waals surface area contributed by atoms with E-state index in [-0.39, 0.29) is 23.4 Å². The summed E-state index contributed by atoms with van der Waals surface area (Å²) >= 11 is 0. The number of likely N-dealkylation sites (tertiary alicyclic amines) is 1. The van der Waals surface area contributed by atoms with Gasteiger partial charge in [0.2, 0.25) is 0 Å². The zero-order valence-electron chi connectivity index (χ0n) is 15.8. The van der Waals surface area contributed by atoms with E-state index < -0.39 is 11.7 Å². The number of fused-ring (bicyclic) bond motifs is 2. The summed E-state index contributed by atoms with van der Waals surface area (Å²) in [6.07, 6.45) is -3.54. The molecule has 0 spiro atoms. The molecule has 0 saturated carbocycles. The standard InChI is InChI=1S/C20H22F3N5O/c21-20(22,23)15-3-1-2-4-17(15)27-8-12-10-28(11-13(12)9-27)19(29)18-14-7-24-6-5-16(14)25-26-18/h1-4,12-13,24H,5-11H2,(H,25,26)/t12-,13+. The first kappa shape index (κ1) is 18.5. The molecule has 2 N–H and O–H groups in total. The van der Waals surface area contributed by atoms with Gasteiger partial charge < -0.3 is 15.1 Å². The summed E-state index contributed by atoms with van der Waals surface area (Å²) in [5, 5.41) is 10.5. The molecule has 4 heterocycles. The van der Waals surface area contributed by atoms with Crippen LogP contribution in [0.2, 0.25) is 0 Å². The zero-order valence-corrected chi connectivity index (χ0v) is 15.8. The Kier molecular flexibility index (Phi) is 4.31. The molecule has 0 bridgehead atoms. The van der Waals surface area contributed by atoms with Crippen LogP contribution >= 0.6 is 0 Å². The Morgan fingerprint density at radius 3 is 2.55 bits per heavy atom. The predicted molar refractivity (Wildman–Crippen MR) is 101 cm³/mol. The molecule has 5 rings (SSSR count). The van der Waals surface area contributed by atoms with Crippen molar-refractivity contribution in [3.63, 3.8) is 0 Å². The van der Waals surface area contributed by atoms with Gasteiger partial charge in [0.15, 0.2) is 5.69 Å². The van der Waals surface area contributed by atoms with Crippen LogP contribution in [0, 0.1) is 11.8 Å². The van der Waals surface area contributed by atoms with E-state index in [2.05, 4.69) is 15.5 Å². The van der Waals surface area contributed by atoms with Crippen LogP contribution in [0.15, 0.2) is 24.3 Å². The first-order chi connectivity index (χ1) is 13.9. The number of alkyl halides is 3. The highest BCUT2D eigenvalue weighted by atomic mass is 19.4. The second kappa shape index (κ2) is 6.76. The lowest BCUT2D eigenvalue weighted by atomic mass is 10.0. The molecule has 0 aliphatic carbocycles. The number of H-pyrrole nitrogens is 1. The summed E-state index contributed by atoms with van der Waals surface area (Å²) in [5.74, 6) is 0.268. The van der Waals surface area contributed by atoms with Crippen LogP contribution in [0.5, 0.6) is 0 Å².